The summed E-state index contributed by atoms with van der Waals surface area (Å²) in [6.07, 6.45) is 0.304. The third-order valence-corrected chi connectivity index (χ3v) is 3.96. The van der Waals surface area contributed by atoms with Gasteiger partial charge < -0.3 is 14.2 Å². The molecule has 0 amide bonds. The number of hydrogen-bond acceptors (Lipinski definition) is 4. The molecule has 0 saturated carbocycles. The van der Waals surface area contributed by atoms with Gasteiger partial charge in [0.05, 0.1) is 20.6 Å². The normalized spacial score (nSPS) is 16.7. The van der Waals surface area contributed by atoms with E-state index in [2.05, 4.69) is 0 Å². The molecule has 0 aromatic heterocycles. The van der Waals surface area contributed by atoms with Crippen LogP contribution in [-0.2, 0) is 4.79 Å². The van der Waals surface area contributed by atoms with Gasteiger partial charge in [-0.05, 0) is 12.5 Å². The summed E-state index contributed by atoms with van der Waals surface area (Å²) in [6.45, 7) is 2.04. The topological polar surface area (TPSA) is 44.8 Å². The summed E-state index contributed by atoms with van der Waals surface area (Å²) in [5.41, 5.74) is 3.16. The molecule has 0 radical (unpaired) electrons. The van der Waals surface area contributed by atoms with Crippen LogP contribution in [0.25, 0.3) is 0 Å². The zero-order valence-corrected chi connectivity index (χ0v) is 12.9. The third kappa shape index (κ3) is 2.52. The van der Waals surface area contributed by atoms with Gasteiger partial charge in [0.15, 0.2) is 0 Å². The van der Waals surface area contributed by atoms with Crippen LogP contribution in [0.5, 0.6) is 17.2 Å². The molecule has 3 rings (SSSR count). The van der Waals surface area contributed by atoms with E-state index in [1.54, 1.807) is 20.3 Å². The molecule has 0 N–H and O–H groups in total. The Hall–Kier alpha value is -2.49. The predicted molar refractivity (Wildman–Crippen MR) is 82.8 cm³/mol. The summed E-state index contributed by atoms with van der Waals surface area (Å²) in [7, 11) is 3.18. The van der Waals surface area contributed by atoms with Gasteiger partial charge in [0.25, 0.3) is 0 Å². The number of carbonyl (C=O) groups excluding carboxylic acids is 1. The predicted octanol–water partition coefficient (Wildman–Crippen LogP) is 3.45. The zero-order chi connectivity index (χ0) is 15.7. The van der Waals surface area contributed by atoms with Gasteiger partial charge in [-0.3, -0.25) is 4.79 Å². The lowest BCUT2D eigenvalue weighted by Gasteiger charge is -2.27. The van der Waals surface area contributed by atoms with Crippen molar-refractivity contribution < 1.29 is 19.0 Å². The standard InChI is InChI=1S/C18H18O4/c1-11-4-6-12(7-5-11)14-10-17(19)22-16-9-13(20-2)8-15(21-3)18(14)16/h4-9,14H,10H2,1-3H3/t14-/m0/s1. The average Bonchev–Trinajstić information content (AvgIpc) is 2.53. The third-order valence-electron chi connectivity index (χ3n) is 3.96. The number of rotatable bonds is 3. The number of ether oxygens (including phenoxy) is 3. The number of hydrogen-bond donors (Lipinski definition) is 0. The van der Waals surface area contributed by atoms with Gasteiger partial charge >= 0.3 is 5.97 Å². The monoisotopic (exact) mass is 298 g/mol. The summed E-state index contributed by atoms with van der Waals surface area (Å²) in [5.74, 6) is 1.48. The summed E-state index contributed by atoms with van der Waals surface area (Å²) in [6, 6.07) is 11.7. The number of fused-ring (bicyclic) bond motifs is 1. The van der Waals surface area contributed by atoms with Gasteiger partial charge in [-0.1, -0.05) is 29.8 Å². The molecule has 1 heterocycles. The van der Waals surface area contributed by atoms with E-state index in [4.69, 9.17) is 14.2 Å². The van der Waals surface area contributed by atoms with Crippen LogP contribution in [0.3, 0.4) is 0 Å². The van der Waals surface area contributed by atoms with Crippen molar-refractivity contribution in [1.29, 1.82) is 0 Å². The van der Waals surface area contributed by atoms with Crippen LogP contribution in [0, 0.1) is 6.92 Å². The molecule has 2 aromatic carbocycles. The molecule has 4 nitrogen and oxygen atoms in total. The second-order valence-electron chi connectivity index (χ2n) is 5.38. The lowest BCUT2D eigenvalue weighted by atomic mass is 9.85. The van der Waals surface area contributed by atoms with Crippen molar-refractivity contribution in [2.24, 2.45) is 0 Å². The molecule has 0 unspecified atom stereocenters. The Morgan fingerprint density at radius 1 is 1.09 bits per heavy atom. The minimum Gasteiger partial charge on any atom is -0.496 e. The minimum absolute atomic E-state index is 0.0716. The maximum atomic E-state index is 12.0. The lowest BCUT2D eigenvalue weighted by molar-refractivity contribution is -0.135. The van der Waals surface area contributed by atoms with Crippen molar-refractivity contribution >= 4 is 5.97 Å². The Morgan fingerprint density at radius 2 is 1.82 bits per heavy atom. The summed E-state index contributed by atoms with van der Waals surface area (Å²) in [5, 5.41) is 0. The largest absolute Gasteiger partial charge is 0.496 e. The van der Waals surface area contributed by atoms with Crippen molar-refractivity contribution in [2.45, 2.75) is 19.3 Å². The van der Waals surface area contributed by atoms with Gasteiger partial charge in [-0.25, -0.2) is 0 Å². The number of aryl methyl sites for hydroxylation is 1. The van der Waals surface area contributed by atoms with E-state index < -0.39 is 0 Å². The first-order valence-electron chi connectivity index (χ1n) is 7.15. The number of methoxy groups -OCH3 is 2. The van der Waals surface area contributed by atoms with E-state index in [0.717, 1.165) is 11.1 Å². The summed E-state index contributed by atoms with van der Waals surface area (Å²) in [4.78, 5) is 12.0. The molecule has 0 saturated heterocycles. The van der Waals surface area contributed by atoms with E-state index in [0.29, 0.717) is 23.7 Å². The van der Waals surface area contributed by atoms with Crippen molar-refractivity contribution in [3.8, 4) is 17.2 Å². The van der Waals surface area contributed by atoms with Crippen molar-refractivity contribution in [3.63, 3.8) is 0 Å². The highest BCUT2D eigenvalue weighted by molar-refractivity contribution is 5.79. The van der Waals surface area contributed by atoms with E-state index in [1.807, 2.05) is 37.3 Å². The van der Waals surface area contributed by atoms with E-state index in [9.17, 15) is 4.79 Å². The molecule has 0 bridgehead atoms. The number of esters is 1. The minimum atomic E-state index is -0.242. The molecule has 4 heteroatoms. The van der Waals surface area contributed by atoms with E-state index >= 15 is 0 Å². The molecule has 0 fully saturated rings. The van der Waals surface area contributed by atoms with Gasteiger partial charge in [0.2, 0.25) is 0 Å². The van der Waals surface area contributed by atoms with E-state index in [1.165, 1.54) is 5.56 Å². The second kappa shape index (κ2) is 5.72. The van der Waals surface area contributed by atoms with Gasteiger partial charge in [0, 0.05) is 23.6 Å². The van der Waals surface area contributed by atoms with Crippen molar-refractivity contribution in [1.82, 2.24) is 0 Å². The van der Waals surface area contributed by atoms with Crippen LogP contribution in [0.4, 0.5) is 0 Å². The van der Waals surface area contributed by atoms with Crippen LogP contribution in [-0.4, -0.2) is 20.2 Å². The highest BCUT2D eigenvalue weighted by Crippen LogP contribution is 2.46. The molecular formula is C18H18O4. The molecule has 2 aromatic rings. The fourth-order valence-corrected chi connectivity index (χ4v) is 2.81. The SMILES string of the molecule is COc1cc(OC)c2c(c1)OC(=O)C[C@H]2c1ccc(C)cc1. The molecule has 1 atom stereocenters. The van der Waals surface area contributed by atoms with Crippen LogP contribution in [0.15, 0.2) is 36.4 Å². The Morgan fingerprint density at radius 3 is 2.45 bits per heavy atom. The molecular weight excluding hydrogens is 280 g/mol. The smallest absolute Gasteiger partial charge is 0.312 e. The summed E-state index contributed by atoms with van der Waals surface area (Å²) < 4.78 is 16.1. The average molecular weight is 298 g/mol. The Balaban J connectivity index is 2.15. The zero-order valence-electron chi connectivity index (χ0n) is 12.9. The first-order valence-corrected chi connectivity index (χ1v) is 7.15. The highest BCUT2D eigenvalue weighted by Gasteiger charge is 2.32. The number of benzene rings is 2. The van der Waals surface area contributed by atoms with Crippen molar-refractivity contribution in [3.05, 3.63) is 53.1 Å². The van der Waals surface area contributed by atoms with Crippen LogP contribution in [0.2, 0.25) is 0 Å². The molecule has 1 aliphatic rings. The quantitative estimate of drug-likeness (QED) is 0.643. The molecule has 114 valence electrons. The molecule has 1 aliphatic heterocycles. The van der Waals surface area contributed by atoms with Gasteiger partial charge in [-0.15, -0.1) is 0 Å². The fourth-order valence-electron chi connectivity index (χ4n) is 2.81. The van der Waals surface area contributed by atoms with Gasteiger partial charge in [-0.2, -0.15) is 0 Å². The Kier molecular flexibility index (Phi) is 3.75. The second-order valence-corrected chi connectivity index (χ2v) is 5.38. The Labute approximate surface area is 129 Å². The van der Waals surface area contributed by atoms with Crippen LogP contribution in [0.1, 0.15) is 29.0 Å². The Bertz CT molecular complexity index is 704. The maximum Gasteiger partial charge on any atom is 0.312 e. The summed E-state index contributed by atoms with van der Waals surface area (Å²) >= 11 is 0. The maximum absolute atomic E-state index is 12.0. The molecule has 22 heavy (non-hydrogen) atoms. The molecule has 0 spiro atoms. The number of carbonyl (C=O) groups is 1. The lowest BCUT2D eigenvalue weighted by Crippen LogP contribution is -2.21. The van der Waals surface area contributed by atoms with Crippen LogP contribution >= 0.6 is 0 Å². The fraction of sp³-hybridized carbons (Fsp3) is 0.278. The highest BCUT2D eigenvalue weighted by atomic mass is 16.5. The first kappa shape index (κ1) is 14.4. The van der Waals surface area contributed by atoms with Gasteiger partial charge in [0.1, 0.15) is 17.2 Å². The van der Waals surface area contributed by atoms with Crippen LogP contribution < -0.4 is 14.2 Å². The molecule has 0 aliphatic carbocycles. The first-order chi connectivity index (χ1) is 10.6. The van der Waals surface area contributed by atoms with E-state index in [-0.39, 0.29) is 11.9 Å². The van der Waals surface area contributed by atoms with Crippen molar-refractivity contribution in [2.75, 3.05) is 14.2 Å².